The van der Waals surface area contributed by atoms with Gasteiger partial charge >= 0.3 is 0 Å². The summed E-state index contributed by atoms with van der Waals surface area (Å²) in [6.07, 6.45) is 3.08. The van der Waals surface area contributed by atoms with Crippen LogP contribution in [0, 0.1) is 0 Å². The second-order valence-electron chi connectivity index (χ2n) is 7.74. The molecule has 104 valence electrons. The summed E-state index contributed by atoms with van der Waals surface area (Å²) < 4.78 is 11.6. The Morgan fingerprint density at radius 2 is 1.50 bits per heavy atom. The smallest absolute Gasteiger partial charge is 0.123 e. The molecule has 3 aliphatic rings. The molecule has 18 heavy (non-hydrogen) atoms. The summed E-state index contributed by atoms with van der Waals surface area (Å²) >= 11 is 0. The van der Waals surface area contributed by atoms with E-state index in [0.29, 0.717) is 0 Å². The van der Waals surface area contributed by atoms with E-state index in [1.54, 1.807) is 0 Å². The first-order valence-electron chi connectivity index (χ1n) is 7.05. The summed E-state index contributed by atoms with van der Waals surface area (Å²) in [7, 11) is 0. The van der Waals surface area contributed by atoms with E-state index in [1.807, 2.05) is 0 Å². The van der Waals surface area contributed by atoms with Gasteiger partial charge in [0.15, 0.2) is 0 Å². The lowest BCUT2D eigenvalue weighted by Crippen LogP contribution is -2.77. The fraction of sp³-hybridized carbons (Fsp3) is 1.00. The molecule has 4 nitrogen and oxygen atoms in total. The Kier molecular flexibility index (Phi) is 2.63. The SMILES string of the molecule is CC1(C)CC2(CC(C)(C)N1)NC1(CCO2)COC1. The van der Waals surface area contributed by atoms with Gasteiger partial charge in [0.25, 0.3) is 0 Å². The predicted octanol–water partition coefficient (Wildman–Crippen LogP) is 1.40. The lowest BCUT2D eigenvalue weighted by Gasteiger charge is -2.59. The summed E-state index contributed by atoms with van der Waals surface area (Å²) in [5.74, 6) is 0. The fourth-order valence-corrected chi connectivity index (χ4v) is 4.27. The molecular formula is C14H26N2O2. The summed E-state index contributed by atoms with van der Waals surface area (Å²) in [6, 6.07) is 0. The lowest BCUT2D eigenvalue weighted by molar-refractivity contribution is -0.221. The van der Waals surface area contributed by atoms with E-state index in [4.69, 9.17) is 9.47 Å². The molecular weight excluding hydrogens is 228 g/mol. The number of hydrogen-bond acceptors (Lipinski definition) is 4. The van der Waals surface area contributed by atoms with E-state index in [2.05, 4.69) is 38.3 Å². The van der Waals surface area contributed by atoms with E-state index in [9.17, 15) is 0 Å². The molecule has 3 rings (SSSR count). The first kappa shape index (κ1) is 12.9. The zero-order chi connectivity index (χ0) is 13.1. The highest BCUT2D eigenvalue weighted by molar-refractivity contribution is 5.10. The quantitative estimate of drug-likeness (QED) is 0.686. The van der Waals surface area contributed by atoms with Crippen molar-refractivity contribution < 1.29 is 9.47 Å². The molecule has 3 heterocycles. The highest BCUT2D eigenvalue weighted by Crippen LogP contribution is 2.42. The molecule has 4 heteroatoms. The van der Waals surface area contributed by atoms with E-state index in [-0.39, 0.29) is 22.3 Å². The van der Waals surface area contributed by atoms with Crippen LogP contribution in [0.15, 0.2) is 0 Å². The molecule has 0 aromatic heterocycles. The van der Waals surface area contributed by atoms with Crippen LogP contribution in [0.1, 0.15) is 47.0 Å². The molecule has 0 aromatic rings. The van der Waals surface area contributed by atoms with Gasteiger partial charge in [-0.05, 0) is 34.1 Å². The van der Waals surface area contributed by atoms with Crippen molar-refractivity contribution in [3.8, 4) is 0 Å². The Balaban J connectivity index is 1.84. The van der Waals surface area contributed by atoms with Gasteiger partial charge < -0.3 is 14.8 Å². The maximum absolute atomic E-state index is 6.20. The van der Waals surface area contributed by atoms with Crippen LogP contribution in [0.3, 0.4) is 0 Å². The third-order valence-electron chi connectivity index (χ3n) is 4.34. The minimum atomic E-state index is -0.180. The zero-order valence-electron chi connectivity index (χ0n) is 12.1. The van der Waals surface area contributed by atoms with Gasteiger partial charge in [0, 0.05) is 23.9 Å². The highest BCUT2D eigenvalue weighted by Gasteiger charge is 2.55. The van der Waals surface area contributed by atoms with Gasteiger partial charge in [-0.1, -0.05) is 0 Å². The maximum Gasteiger partial charge on any atom is 0.123 e. The van der Waals surface area contributed by atoms with Crippen molar-refractivity contribution in [2.45, 2.75) is 69.3 Å². The highest BCUT2D eigenvalue weighted by atomic mass is 16.5. The second-order valence-corrected chi connectivity index (χ2v) is 7.74. The number of ether oxygens (including phenoxy) is 2. The van der Waals surface area contributed by atoms with Gasteiger partial charge in [-0.25, -0.2) is 0 Å². The molecule has 2 spiro atoms. The molecule has 0 atom stereocenters. The van der Waals surface area contributed by atoms with Crippen LogP contribution in [-0.4, -0.2) is 42.2 Å². The number of hydrogen-bond donors (Lipinski definition) is 2. The van der Waals surface area contributed by atoms with Crippen LogP contribution in [0.25, 0.3) is 0 Å². The van der Waals surface area contributed by atoms with Gasteiger partial charge in [0.1, 0.15) is 5.72 Å². The summed E-state index contributed by atoms with van der Waals surface area (Å²) in [5, 5.41) is 7.52. The monoisotopic (exact) mass is 254 g/mol. The first-order valence-corrected chi connectivity index (χ1v) is 7.05. The largest absolute Gasteiger partial charge is 0.377 e. The molecule has 0 saturated carbocycles. The third-order valence-corrected chi connectivity index (χ3v) is 4.34. The third kappa shape index (κ3) is 2.20. The van der Waals surface area contributed by atoms with Crippen molar-refractivity contribution >= 4 is 0 Å². The molecule has 0 radical (unpaired) electrons. The van der Waals surface area contributed by atoms with Crippen LogP contribution < -0.4 is 10.6 Å². The normalized spacial score (nSPS) is 35.3. The van der Waals surface area contributed by atoms with Crippen molar-refractivity contribution in [1.29, 1.82) is 0 Å². The minimum Gasteiger partial charge on any atom is -0.377 e. The van der Waals surface area contributed by atoms with Crippen molar-refractivity contribution in [2.24, 2.45) is 0 Å². The van der Waals surface area contributed by atoms with Gasteiger partial charge in [-0.2, -0.15) is 0 Å². The van der Waals surface area contributed by atoms with Crippen LogP contribution >= 0.6 is 0 Å². The van der Waals surface area contributed by atoms with Crippen LogP contribution in [-0.2, 0) is 9.47 Å². The molecule has 0 aromatic carbocycles. The van der Waals surface area contributed by atoms with Gasteiger partial charge in [-0.15, -0.1) is 0 Å². The van der Waals surface area contributed by atoms with Crippen LogP contribution in [0.4, 0.5) is 0 Å². The van der Waals surface area contributed by atoms with Crippen molar-refractivity contribution in [3.63, 3.8) is 0 Å². The average Bonchev–Trinajstić information content (AvgIpc) is 2.09. The predicted molar refractivity (Wildman–Crippen MR) is 70.5 cm³/mol. The number of nitrogens with one attached hydrogen (secondary N) is 2. The standard InChI is InChI=1S/C14H26N2O2/c1-11(2)7-14(8-12(3,4)15-11)16-13(5-6-18-14)9-17-10-13/h15-16H,5-10H2,1-4H3. The Labute approximate surface area is 110 Å². The second kappa shape index (κ2) is 3.69. The summed E-state index contributed by atoms with van der Waals surface area (Å²) in [4.78, 5) is 0. The molecule has 3 aliphatic heterocycles. The topological polar surface area (TPSA) is 42.5 Å². The molecule has 0 unspecified atom stereocenters. The van der Waals surface area contributed by atoms with Gasteiger partial charge in [0.05, 0.1) is 25.4 Å². The molecule has 3 fully saturated rings. The van der Waals surface area contributed by atoms with E-state index < -0.39 is 0 Å². The van der Waals surface area contributed by atoms with E-state index in [1.165, 1.54) is 0 Å². The number of rotatable bonds is 0. The Bertz CT molecular complexity index is 332. The average molecular weight is 254 g/mol. The van der Waals surface area contributed by atoms with Crippen molar-refractivity contribution in [1.82, 2.24) is 10.6 Å². The van der Waals surface area contributed by atoms with Crippen LogP contribution in [0.5, 0.6) is 0 Å². The molecule has 0 aliphatic carbocycles. The van der Waals surface area contributed by atoms with E-state index >= 15 is 0 Å². The molecule has 3 saturated heterocycles. The van der Waals surface area contributed by atoms with Gasteiger partial charge in [-0.3, -0.25) is 5.32 Å². The van der Waals surface area contributed by atoms with Crippen molar-refractivity contribution in [2.75, 3.05) is 19.8 Å². The van der Waals surface area contributed by atoms with Crippen LogP contribution in [0.2, 0.25) is 0 Å². The summed E-state index contributed by atoms with van der Waals surface area (Å²) in [6.45, 7) is 11.6. The minimum absolute atomic E-state index is 0.0951. The maximum atomic E-state index is 6.20. The number of piperidine rings is 1. The molecule has 0 bridgehead atoms. The summed E-state index contributed by atoms with van der Waals surface area (Å²) in [5.41, 5.74) is 0.192. The zero-order valence-corrected chi connectivity index (χ0v) is 12.1. The fourth-order valence-electron chi connectivity index (χ4n) is 4.27. The van der Waals surface area contributed by atoms with Gasteiger partial charge in [0.2, 0.25) is 0 Å². The molecule has 2 N–H and O–H groups in total. The Hall–Kier alpha value is -0.160. The lowest BCUT2D eigenvalue weighted by atomic mass is 9.74. The molecule has 0 amide bonds. The first-order chi connectivity index (χ1) is 8.24. The Morgan fingerprint density at radius 1 is 0.889 bits per heavy atom. The van der Waals surface area contributed by atoms with Crippen molar-refractivity contribution in [3.05, 3.63) is 0 Å². The van der Waals surface area contributed by atoms with E-state index in [0.717, 1.165) is 39.1 Å². The Morgan fingerprint density at radius 3 is 2.00 bits per heavy atom.